The lowest BCUT2D eigenvalue weighted by molar-refractivity contribution is -0.138. The molecule has 0 radical (unpaired) electrons. The van der Waals surface area contributed by atoms with Gasteiger partial charge in [0.15, 0.2) is 0 Å². The van der Waals surface area contributed by atoms with Crippen molar-refractivity contribution in [3.63, 3.8) is 0 Å². The number of rotatable bonds is 14. The van der Waals surface area contributed by atoms with Crippen LogP contribution in [0.1, 0.15) is 101 Å². The summed E-state index contributed by atoms with van der Waals surface area (Å²) in [5.74, 6) is -3.53. The van der Waals surface area contributed by atoms with Gasteiger partial charge in [0.05, 0.1) is 23.3 Å². The second kappa shape index (κ2) is 16.7. The van der Waals surface area contributed by atoms with Crippen LogP contribution in [0, 0.1) is 11.6 Å². The van der Waals surface area contributed by atoms with Crippen molar-refractivity contribution in [2.24, 2.45) is 0 Å². The zero-order valence-corrected chi connectivity index (χ0v) is 30.0. The third-order valence-corrected chi connectivity index (χ3v) is 9.90. The maximum atomic E-state index is 14.2. The van der Waals surface area contributed by atoms with Crippen molar-refractivity contribution < 1.29 is 49.8 Å². The van der Waals surface area contributed by atoms with Crippen LogP contribution in [0.15, 0.2) is 54.6 Å². The summed E-state index contributed by atoms with van der Waals surface area (Å²) in [7, 11) is 0. The number of fused-ring (bicyclic) bond motifs is 1. The zero-order chi connectivity index (χ0) is 38.0. The van der Waals surface area contributed by atoms with Crippen LogP contribution >= 0.6 is 12.4 Å². The Morgan fingerprint density at radius 2 is 1.53 bits per heavy atom. The van der Waals surface area contributed by atoms with E-state index in [0.29, 0.717) is 43.4 Å². The molecule has 1 saturated carbocycles. The molecule has 2 aliphatic rings. The first-order valence-electron chi connectivity index (χ1n) is 17.4. The van der Waals surface area contributed by atoms with E-state index in [2.05, 4.69) is 10.6 Å². The average Bonchev–Trinajstić information content (AvgIpc) is 3.87. The van der Waals surface area contributed by atoms with E-state index in [1.165, 1.54) is 12.1 Å². The van der Waals surface area contributed by atoms with E-state index < -0.39 is 70.2 Å². The van der Waals surface area contributed by atoms with Crippen LogP contribution in [0.25, 0.3) is 0 Å². The minimum atomic E-state index is -4.91. The number of carbonyl (C=O) groups is 2. The highest BCUT2D eigenvalue weighted by atomic mass is 35.5. The Bertz CT molecular complexity index is 1750. The van der Waals surface area contributed by atoms with Gasteiger partial charge in [0, 0.05) is 41.9 Å². The Morgan fingerprint density at radius 1 is 0.906 bits per heavy atom. The Morgan fingerprint density at radius 3 is 2.09 bits per heavy atom. The molecule has 1 fully saturated rings. The van der Waals surface area contributed by atoms with Crippen molar-refractivity contribution in [1.82, 2.24) is 15.5 Å². The minimum Gasteiger partial charge on any atom is -0.390 e. The van der Waals surface area contributed by atoms with Gasteiger partial charge in [-0.15, -0.1) is 12.4 Å². The summed E-state index contributed by atoms with van der Waals surface area (Å²) in [5.41, 5.74) is -3.17. The fraction of sp³-hybridized carbons (Fsp3) is 0.474. The molecular formula is C38H42ClF8N3O3. The number of aliphatic hydroxyl groups excluding tert-OH is 1. The number of amides is 2. The fourth-order valence-corrected chi connectivity index (χ4v) is 7.10. The molecule has 0 saturated heterocycles. The van der Waals surface area contributed by atoms with Crippen LogP contribution in [0.5, 0.6) is 0 Å². The van der Waals surface area contributed by atoms with Crippen LogP contribution in [-0.2, 0) is 30.7 Å². The number of halogens is 9. The maximum Gasteiger partial charge on any atom is 0.416 e. The van der Waals surface area contributed by atoms with Gasteiger partial charge in [-0.05, 0) is 91.6 Å². The van der Waals surface area contributed by atoms with Crippen LogP contribution in [0.3, 0.4) is 0 Å². The molecule has 0 aromatic heterocycles. The lowest BCUT2D eigenvalue weighted by Gasteiger charge is -2.36. The van der Waals surface area contributed by atoms with E-state index in [4.69, 9.17) is 0 Å². The highest BCUT2D eigenvalue weighted by Crippen LogP contribution is 2.46. The first-order chi connectivity index (χ1) is 24.5. The van der Waals surface area contributed by atoms with Crippen LogP contribution in [-0.4, -0.2) is 53.1 Å². The van der Waals surface area contributed by atoms with Crippen LogP contribution in [0.2, 0.25) is 0 Å². The van der Waals surface area contributed by atoms with E-state index in [0.717, 1.165) is 43.2 Å². The number of aliphatic hydroxyl groups is 1. The maximum absolute atomic E-state index is 14.2. The Labute approximate surface area is 308 Å². The summed E-state index contributed by atoms with van der Waals surface area (Å²) in [5, 5.41) is 17.0. The van der Waals surface area contributed by atoms with Crippen LogP contribution in [0.4, 0.5) is 35.1 Å². The molecule has 1 heterocycles. The summed E-state index contributed by atoms with van der Waals surface area (Å²) in [6, 6.07) is 7.20. The summed E-state index contributed by atoms with van der Waals surface area (Å²) >= 11 is 0. The van der Waals surface area contributed by atoms with E-state index in [1.54, 1.807) is 4.90 Å². The van der Waals surface area contributed by atoms with Gasteiger partial charge in [0.2, 0.25) is 0 Å². The second-order valence-corrected chi connectivity index (χ2v) is 13.7. The molecule has 2 atom stereocenters. The third kappa shape index (κ3) is 9.87. The molecule has 3 aromatic carbocycles. The molecule has 0 unspecified atom stereocenters. The predicted octanol–water partition coefficient (Wildman–Crippen LogP) is 8.37. The van der Waals surface area contributed by atoms with Crippen molar-refractivity contribution in [2.75, 3.05) is 13.1 Å². The molecule has 290 valence electrons. The van der Waals surface area contributed by atoms with Gasteiger partial charge in [0.25, 0.3) is 11.8 Å². The molecule has 0 bridgehead atoms. The lowest BCUT2D eigenvalue weighted by Crippen LogP contribution is -2.50. The second-order valence-electron chi connectivity index (χ2n) is 13.7. The van der Waals surface area contributed by atoms with Gasteiger partial charge in [-0.2, -0.15) is 26.3 Å². The van der Waals surface area contributed by atoms with E-state index in [1.807, 2.05) is 13.8 Å². The van der Waals surface area contributed by atoms with Crippen molar-refractivity contribution in [3.05, 3.63) is 105 Å². The molecule has 15 heteroatoms. The smallest absolute Gasteiger partial charge is 0.390 e. The molecule has 0 spiro atoms. The Kier molecular flexibility index (Phi) is 13.3. The van der Waals surface area contributed by atoms with E-state index in [-0.39, 0.29) is 61.1 Å². The SMILES string of the molecule is CCCC(CCC)N1CCc2c(C(=O)N[C@@H](Cc3cc(F)cc(F)c3)[C@@H](O)CNC3(c4cccc(C(F)(F)F)c4)CC3)cc(C(F)(F)F)cc2C1=O.Cl. The predicted molar refractivity (Wildman–Crippen MR) is 185 cm³/mol. The van der Waals surface area contributed by atoms with Crippen LogP contribution < -0.4 is 10.6 Å². The molecule has 1 aliphatic carbocycles. The van der Waals surface area contributed by atoms with Gasteiger partial charge in [-0.3, -0.25) is 9.59 Å². The normalized spacial score (nSPS) is 16.5. The number of hydrogen-bond acceptors (Lipinski definition) is 4. The highest BCUT2D eigenvalue weighted by molar-refractivity contribution is 6.03. The summed E-state index contributed by atoms with van der Waals surface area (Å²) in [6.45, 7) is 3.77. The van der Waals surface area contributed by atoms with Crippen molar-refractivity contribution >= 4 is 24.2 Å². The Hall–Kier alpha value is -3.75. The molecule has 53 heavy (non-hydrogen) atoms. The van der Waals surface area contributed by atoms with Gasteiger partial charge in [-0.1, -0.05) is 38.8 Å². The van der Waals surface area contributed by atoms with E-state index >= 15 is 0 Å². The minimum absolute atomic E-state index is 0. The van der Waals surface area contributed by atoms with Gasteiger partial charge in [-0.25, -0.2) is 8.78 Å². The van der Waals surface area contributed by atoms with Crippen molar-refractivity contribution in [1.29, 1.82) is 0 Å². The fourth-order valence-electron chi connectivity index (χ4n) is 7.10. The largest absolute Gasteiger partial charge is 0.416 e. The monoisotopic (exact) mass is 775 g/mol. The van der Waals surface area contributed by atoms with Gasteiger partial charge >= 0.3 is 12.4 Å². The number of alkyl halides is 6. The standard InChI is InChI=1S/C38H41F8N3O3.ClH/c1-3-6-28(7-4-2)49-13-10-29-30(18-25(38(44,45)46)19-31(29)35(49)52)34(51)48-32(16-22-14-26(39)20-27(40)15-22)33(50)21-47-36(11-12-36)23-8-5-9-24(17-23)37(41,42)43;/h5,8-9,14-15,17-20,28,32-33,47,50H,3-4,6-7,10-13,16,21H2,1-2H3,(H,48,51);1H/t32-,33-;/m0./s1. The molecule has 2 amide bonds. The van der Waals surface area contributed by atoms with Gasteiger partial charge in [0.1, 0.15) is 11.6 Å². The number of hydrogen-bond donors (Lipinski definition) is 3. The zero-order valence-electron chi connectivity index (χ0n) is 29.1. The third-order valence-electron chi connectivity index (χ3n) is 9.90. The van der Waals surface area contributed by atoms with E-state index in [9.17, 15) is 49.8 Å². The number of benzene rings is 3. The summed E-state index contributed by atoms with van der Waals surface area (Å²) < 4.78 is 111. The molecule has 1 aliphatic heterocycles. The number of nitrogens with zero attached hydrogens (tertiary/aromatic N) is 1. The summed E-state index contributed by atoms with van der Waals surface area (Å²) in [6.07, 6.45) is -7.59. The van der Waals surface area contributed by atoms with Crippen molar-refractivity contribution in [3.8, 4) is 0 Å². The first-order valence-corrected chi connectivity index (χ1v) is 17.4. The average molecular weight is 776 g/mol. The molecular weight excluding hydrogens is 734 g/mol. The highest BCUT2D eigenvalue weighted by Gasteiger charge is 2.46. The topological polar surface area (TPSA) is 81.7 Å². The number of nitrogens with one attached hydrogen (secondary N) is 2. The molecule has 5 rings (SSSR count). The molecule has 6 nitrogen and oxygen atoms in total. The summed E-state index contributed by atoms with van der Waals surface area (Å²) in [4.78, 5) is 29.2. The quantitative estimate of drug-likeness (QED) is 0.144. The van der Waals surface area contributed by atoms with Crippen molar-refractivity contribution in [2.45, 2.75) is 101 Å². The molecule has 3 N–H and O–H groups in total. The Balaban J connectivity index is 0.00000627. The van der Waals surface area contributed by atoms with Gasteiger partial charge < -0.3 is 20.6 Å². The number of carbonyl (C=O) groups excluding carboxylic acids is 2. The lowest BCUT2D eigenvalue weighted by atomic mass is 9.89. The first kappa shape index (κ1) is 42.0. The molecule has 3 aromatic rings.